The van der Waals surface area contributed by atoms with E-state index >= 15 is 0 Å². The van der Waals surface area contributed by atoms with Crippen molar-refractivity contribution in [3.63, 3.8) is 0 Å². The highest BCUT2D eigenvalue weighted by Crippen LogP contribution is 2.32. The molecule has 1 aromatic carbocycles. The Morgan fingerprint density at radius 1 is 1.36 bits per heavy atom. The van der Waals surface area contributed by atoms with Gasteiger partial charge in [0.25, 0.3) is 0 Å². The van der Waals surface area contributed by atoms with Crippen LogP contribution in [0, 0.1) is 0 Å². The van der Waals surface area contributed by atoms with E-state index in [1.165, 1.54) is 0 Å². The summed E-state index contributed by atoms with van der Waals surface area (Å²) < 4.78 is 6.00. The summed E-state index contributed by atoms with van der Waals surface area (Å²) in [4.78, 5) is 11.8. The molecule has 0 aliphatic rings. The Morgan fingerprint density at radius 3 is 2.48 bits per heavy atom. The van der Waals surface area contributed by atoms with Crippen LogP contribution in [0.25, 0.3) is 0 Å². The van der Waals surface area contributed by atoms with Gasteiger partial charge >= 0.3 is 6.09 Å². The number of rotatable bonds is 6. The number of hydrogen-bond donors (Lipinski definition) is 3. The summed E-state index contributed by atoms with van der Waals surface area (Å²) >= 11 is 3.48. The molecule has 0 saturated heterocycles. The molecule has 0 spiro atoms. The summed E-state index contributed by atoms with van der Waals surface area (Å²) in [7, 11) is 6.23. The number of nitrogen functional groups attached to an aromatic ring is 1. The van der Waals surface area contributed by atoms with Crippen LogP contribution >= 0.6 is 15.9 Å². The van der Waals surface area contributed by atoms with Gasteiger partial charge in [0, 0.05) is 16.7 Å². The molecule has 7 heteroatoms. The van der Waals surface area contributed by atoms with Crippen molar-refractivity contribution in [1.82, 2.24) is 5.32 Å². The molecule has 25 heavy (non-hydrogen) atoms. The molecule has 0 aliphatic heterocycles. The van der Waals surface area contributed by atoms with Crippen LogP contribution in [0.1, 0.15) is 58.0 Å². The second kappa shape index (κ2) is 8.45. The van der Waals surface area contributed by atoms with E-state index in [9.17, 15) is 9.90 Å². The third kappa shape index (κ3) is 7.69. The number of hydrogen-bond acceptors (Lipinski definition) is 4. The predicted octanol–water partition coefficient (Wildman–Crippen LogP) is 3.47. The van der Waals surface area contributed by atoms with Crippen molar-refractivity contribution in [3.05, 3.63) is 27.7 Å². The van der Waals surface area contributed by atoms with E-state index in [4.69, 9.17) is 18.3 Å². The van der Waals surface area contributed by atoms with E-state index in [1.54, 1.807) is 34.6 Å². The van der Waals surface area contributed by atoms with Gasteiger partial charge in [-0.25, -0.2) is 4.79 Å². The minimum absolute atomic E-state index is 0.201. The molecule has 2 radical (unpaired) electrons. The van der Waals surface area contributed by atoms with Crippen molar-refractivity contribution in [1.29, 1.82) is 0 Å². The Kier molecular flexibility index (Phi) is 7.38. The molecule has 1 aromatic rings. The lowest BCUT2D eigenvalue weighted by Gasteiger charge is -2.23. The van der Waals surface area contributed by atoms with Gasteiger partial charge in [-0.1, -0.05) is 22.0 Å². The first-order chi connectivity index (χ1) is 11.3. The minimum atomic E-state index is -0.764. The summed E-state index contributed by atoms with van der Waals surface area (Å²) in [5, 5.41) is 12.6. The monoisotopic (exact) mass is 410 g/mol. The first-order valence-corrected chi connectivity index (χ1v) is 9.11. The zero-order valence-electron chi connectivity index (χ0n) is 15.6. The Hall–Kier alpha value is -1.21. The van der Waals surface area contributed by atoms with Gasteiger partial charge in [0.2, 0.25) is 0 Å². The van der Waals surface area contributed by atoms with Crippen LogP contribution in [0.5, 0.6) is 0 Å². The van der Waals surface area contributed by atoms with E-state index < -0.39 is 23.1 Å². The molecule has 1 rings (SSSR count). The molecule has 5 nitrogen and oxygen atoms in total. The zero-order chi connectivity index (χ0) is 19.4. The van der Waals surface area contributed by atoms with Gasteiger partial charge in [0.05, 0.1) is 13.4 Å². The van der Waals surface area contributed by atoms with Crippen molar-refractivity contribution in [3.8, 4) is 0 Å². The predicted molar refractivity (Wildman–Crippen MR) is 106 cm³/mol. The maximum Gasteiger partial charge on any atom is 0.407 e. The normalized spacial score (nSPS) is 13.4. The van der Waals surface area contributed by atoms with Crippen molar-refractivity contribution in [2.75, 3.05) is 12.3 Å². The lowest BCUT2D eigenvalue weighted by molar-refractivity contribution is 0.0527. The van der Waals surface area contributed by atoms with Crippen LogP contribution in [0.4, 0.5) is 10.5 Å². The molecule has 1 unspecified atom stereocenters. The summed E-state index contributed by atoms with van der Waals surface area (Å²) in [6.07, 6.45) is 0.710. The van der Waals surface area contributed by atoms with Crippen molar-refractivity contribution < 1.29 is 14.6 Å². The first-order valence-electron chi connectivity index (χ1n) is 8.32. The molecule has 0 fully saturated rings. The van der Waals surface area contributed by atoms with Gasteiger partial charge in [-0.05, 0) is 70.5 Å². The summed E-state index contributed by atoms with van der Waals surface area (Å²) in [6, 6.07) is 3.81. The molecular formula is C18H28BBrN2O3. The SMILES string of the molecule is [B]C(CNC(=O)OC(C)(C)C)c1c(Br)ccc(CCC(C)(C)O)c1N. The van der Waals surface area contributed by atoms with E-state index in [-0.39, 0.29) is 6.54 Å². The number of aryl methyl sites for hydroxylation is 1. The van der Waals surface area contributed by atoms with E-state index in [2.05, 4.69) is 21.2 Å². The summed E-state index contributed by atoms with van der Waals surface area (Å²) in [5.74, 6) is -0.482. The maximum absolute atomic E-state index is 11.8. The lowest BCUT2D eigenvalue weighted by Crippen LogP contribution is -2.35. The fraction of sp³-hybridized carbons (Fsp3) is 0.611. The minimum Gasteiger partial charge on any atom is -0.444 e. The number of carbonyl (C=O) groups is 1. The molecule has 0 aliphatic carbocycles. The van der Waals surface area contributed by atoms with Crippen LogP contribution in [0.2, 0.25) is 0 Å². The first kappa shape index (κ1) is 21.8. The number of nitrogens with one attached hydrogen (secondary N) is 1. The van der Waals surface area contributed by atoms with Crippen LogP contribution in [-0.4, -0.2) is 36.8 Å². The number of aliphatic hydroxyl groups is 1. The number of carbonyl (C=O) groups excluding carboxylic acids is 1. The fourth-order valence-corrected chi connectivity index (χ4v) is 2.94. The quantitative estimate of drug-likeness (QED) is 0.495. The number of ether oxygens (including phenoxy) is 1. The lowest BCUT2D eigenvalue weighted by atomic mass is 9.79. The largest absolute Gasteiger partial charge is 0.444 e. The highest BCUT2D eigenvalue weighted by atomic mass is 79.9. The third-order valence-electron chi connectivity index (χ3n) is 3.57. The molecule has 1 amide bonds. The van der Waals surface area contributed by atoms with E-state index in [1.807, 2.05) is 12.1 Å². The molecule has 0 aromatic heterocycles. The molecule has 1 atom stereocenters. The summed E-state index contributed by atoms with van der Waals surface area (Å²) in [6.45, 7) is 9.12. The summed E-state index contributed by atoms with van der Waals surface area (Å²) in [5.41, 5.74) is 7.20. The number of benzene rings is 1. The number of alkyl carbamates (subject to hydrolysis) is 1. The number of nitrogens with two attached hydrogens (primary N) is 1. The molecule has 138 valence electrons. The number of anilines is 1. The van der Waals surface area contributed by atoms with Crippen molar-refractivity contribution in [2.45, 2.75) is 64.5 Å². The van der Waals surface area contributed by atoms with Crippen LogP contribution in [0.15, 0.2) is 16.6 Å². The van der Waals surface area contributed by atoms with Crippen molar-refractivity contribution >= 4 is 35.6 Å². The Labute approximate surface area is 160 Å². The molecule has 0 bridgehead atoms. The zero-order valence-corrected chi connectivity index (χ0v) is 17.2. The van der Waals surface area contributed by atoms with Crippen LogP contribution in [0.3, 0.4) is 0 Å². The smallest absolute Gasteiger partial charge is 0.407 e. The average Bonchev–Trinajstić information content (AvgIpc) is 2.41. The Bertz CT molecular complexity index is 610. The Morgan fingerprint density at radius 2 is 1.96 bits per heavy atom. The van der Waals surface area contributed by atoms with Crippen molar-refractivity contribution in [2.24, 2.45) is 0 Å². The van der Waals surface area contributed by atoms with Gasteiger partial charge in [0.15, 0.2) is 0 Å². The Balaban J connectivity index is 2.84. The second-order valence-corrected chi connectivity index (χ2v) is 8.69. The van der Waals surface area contributed by atoms with Gasteiger partial charge < -0.3 is 20.9 Å². The average molecular weight is 411 g/mol. The topological polar surface area (TPSA) is 84.6 Å². The number of amides is 1. The van der Waals surface area contributed by atoms with Gasteiger partial charge in [-0.3, -0.25) is 0 Å². The molecule has 0 saturated carbocycles. The van der Waals surface area contributed by atoms with Crippen LogP contribution in [-0.2, 0) is 11.2 Å². The molecule has 4 N–H and O–H groups in total. The van der Waals surface area contributed by atoms with Gasteiger partial charge in [-0.2, -0.15) is 0 Å². The molecule has 0 heterocycles. The standard InChI is InChI=1S/C18H28BBrN2O3/c1-17(2,3)25-16(23)22-10-12(19)14-13(20)7-6-11(15(14)21)8-9-18(4,5)24/h6-7,12,24H,8-10,21H2,1-5H3,(H,22,23). The van der Waals surface area contributed by atoms with Crippen LogP contribution < -0.4 is 11.1 Å². The fourth-order valence-electron chi connectivity index (χ4n) is 2.30. The highest BCUT2D eigenvalue weighted by Gasteiger charge is 2.20. The third-order valence-corrected chi connectivity index (χ3v) is 4.26. The highest BCUT2D eigenvalue weighted by molar-refractivity contribution is 9.10. The number of halogens is 1. The van der Waals surface area contributed by atoms with Gasteiger partial charge in [-0.15, -0.1) is 0 Å². The molecular weight excluding hydrogens is 383 g/mol. The maximum atomic E-state index is 11.8. The second-order valence-electron chi connectivity index (χ2n) is 7.84. The van der Waals surface area contributed by atoms with E-state index in [0.717, 1.165) is 15.6 Å². The van der Waals surface area contributed by atoms with E-state index in [0.29, 0.717) is 18.5 Å². The van der Waals surface area contributed by atoms with Gasteiger partial charge in [0.1, 0.15) is 5.60 Å².